The van der Waals surface area contributed by atoms with E-state index >= 15 is 0 Å². The van der Waals surface area contributed by atoms with Gasteiger partial charge in [0.15, 0.2) is 0 Å². The molecule has 2 heterocycles. The molecule has 0 fully saturated rings. The van der Waals surface area contributed by atoms with Gasteiger partial charge in [-0.25, -0.2) is 9.59 Å². The van der Waals surface area contributed by atoms with Crippen LogP contribution in [0.4, 0.5) is 9.80 Å². The van der Waals surface area contributed by atoms with Crippen LogP contribution in [0.15, 0.2) is 29.0 Å². The van der Waals surface area contributed by atoms with Gasteiger partial charge in [0.25, 0.3) is 0 Å². The van der Waals surface area contributed by atoms with Crippen LogP contribution >= 0.6 is 22.7 Å². The number of aromatic carboxylic acids is 1. The molecule has 0 bridgehead atoms. The van der Waals surface area contributed by atoms with E-state index in [0.717, 1.165) is 4.88 Å². The molecule has 2 amide bonds. The third-order valence-corrected chi connectivity index (χ3v) is 4.71. The molecule has 0 radical (unpaired) electrons. The number of rotatable bonds is 5. The summed E-state index contributed by atoms with van der Waals surface area (Å²) in [5.41, 5.74) is 0.104. The quantitative estimate of drug-likeness (QED) is 0.777. The van der Waals surface area contributed by atoms with Crippen molar-refractivity contribution in [2.75, 3.05) is 5.32 Å². The van der Waals surface area contributed by atoms with E-state index in [4.69, 9.17) is 5.11 Å². The molecule has 2 rings (SSSR count). The molecule has 0 aliphatic heterocycles. The Kier molecular flexibility index (Phi) is 4.98. The van der Waals surface area contributed by atoms with Crippen molar-refractivity contribution in [3.8, 4) is 0 Å². The second-order valence-corrected chi connectivity index (χ2v) is 6.70. The maximum atomic E-state index is 12.1. The molecule has 21 heavy (non-hydrogen) atoms. The van der Waals surface area contributed by atoms with Crippen molar-refractivity contribution in [1.29, 1.82) is 0 Å². The van der Waals surface area contributed by atoms with E-state index in [9.17, 15) is 9.59 Å². The first-order valence-electron chi connectivity index (χ1n) is 6.40. The number of carboxylic acid groups (broad SMARTS) is 1. The lowest BCUT2D eigenvalue weighted by Gasteiger charge is -2.21. The highest BCUT2D eigenvalue weighted by Gasteiger charge is 2.20. The topological polar surface area (TPSA) is 78.4 Å². The number of hydrogen-bond acceptors (Lipinski definition) is 4. The molecule has 1 unspecified atom stereocenters. The van der Waals surface area contributed by atoms with Crippen LogP contribution in [0, 0.1) is 5.92 Å². The molecule has 0 saturated carbocycles. The number of carbonyl (C=O) groups excluding carboxylic acids is 1. The van der Waals surface area contributed by atoms with Gasteiger partial charge in [0.1, 0.15) is 5.00 Å². The molecule has 2 aromatic heterocycles. The number of carboxylic acids is 1. The predicted octanol–water partition coefficient (Wildman–Crippen LogP) is 4.03. The number of anilines is 1. The number of urea groups is 1. The molecule has 5 nitrogen and oxygen atoms in total. The van der Waals surface area contributed by atoms with Gasteiger partial charge in [0.2, 0.25) is 0 Å². The SMILES string of the molecule is CC(C)C(NC(=O)Nc1sccc1C(=O)O)c1cccs1. The highest BCUT2D eigenvalue weighted by Crippen LogP contribution is 2.27. The summed E-state index contributed by atoms with van der Waals surface area (Å²) in [5.74, 6) is -0.818. The van der Waals surface area contributed by atoms with Crippen LogP contribution in [-0.4, -0.2) is 17.1 Å². The predicted molar refractivity (Wildman–Crippen MR) is 85.3 cm³/mol. The first kappa shape index (κ1) is 15.5. The van der Waals surface area contributed by atoms with Crippen LogP contribution in [0.1, 0.15) is 35.1 Å². The summed E-state index contributed by atoms with van der Waals surface area (Å²) in [6, 6.07) is 4.90. The van der Waals surface area contributed by atoms with Crippen molar-refractivity contribution in [3.05, 3.63) is 39.4 Å². The number of amides is 2. The van der Waals surface area contributed by atoms with E-state index in [-0.39, 0.29) is 17.5 Å². The van der Waals surface area contributed by atoms with Crippen molar-refractivity contribution < 1.29 is 14.7 Å². The van der Waals surface area contributed by atoms with E-state index < -0.39 is 12.0 Å². The van der Waals surface area contributed by atoms with Gasteiger partial charge in [-0.05, 0) is 28.8 Å². The van der Waals surface area contributed by atoms with Gasteiger partial charge in [-0.3, -0.25) is 5.32 Å². The van der Waals surface area contributed by atoms with E-state index in [2.05, 4.69) is 10.6 Å². The first-order chi connectivity index (χ1) is 9.99. The molecule has 0 aliphatic rings. The molecule has 0 aromatic carbocycles. The molecule has 1 atom stereocenters. The van der Waals surface area contributed by atoms with Crippen LogP contribution in [0.5, 0.6) is 0 Å². The van der Waals surface area contributed by atoms with Gasteiger partial charge in [0.05, 0.1) is 11.6 Å². The standard InChI is InChI=1S/C14H16N2O3S2/c1-8(2)11(10-4-3-6-20-10)15-14(19)16-12-9(13(17)18)5-7-21-12/h3-8,11H,1-2H3,(H,17,18)(H2,15,16,19). The Morgan fingerprint density at radius 2 is 1.95 bits per heavy atom. The number of thiophene rings is 2. The summed E-state index contributed by atoms with van der Waals surface area (Å²) in [5, 5.41) is 18.5. The van der Waals surface area contributed by atoms with E-state index in [1.165, 1.54) is 17.4 Å². The van der Waals surface area contributed by atoms with E-state index in [1.807, 2.05) is 31.4 Å². The van der Waals surface area contributed by atoms with Gasteiger partial charge in [-0.2, -0.15) is 0 Å². The highest BCUT2D eigenvalue weighted by molar-refractivity contribution is 7.14. The average Bonchev–Trinajstić information content (AvgIpc) is 3.06. The Hall–Kier alpha value is -1.86. The van der Waals surface area contributed by atoms with Gasteiger partial charge >= 0.3 is 12.0 Å². The van der Waals surface area contributed by atoms with Gasteiger partial charge in [-0.1, -0.05) is 19.9 Å². The lowest BCUT2D eigenvalue weighted by Crippen LogP contribution is -2.34. The Morgan fingerprint density at radius 1 is 1.19 bits per heavy atom. The van der Waals surface area contributed by atoms with Gasteiger partial charge in [-0.15, -0.1) is 22.7 Å². The summed E-state index contributed by atoms with van der Waals surface area (Å²) in [4.78, 5) is 24.2. The fourth-order valence-electron chi connectivity index (χ4n) is 1.89. The third-order valence-electron chi connectivity index (χ3n) is 2.93. The summed E-state index contributed by atoms with van der Waals surface area (Å²) in [6.07, 6.45) is 0. The minimum absolute atomic E-state index is 0.0989. The Bertz CT molecular complexity index is 620. The molecule has 112 valence electrons. The average molecular weight is 324 g/mol. The smallest absolute Gasteiger partial charge is 0.338 e. The zero-order valence-electron chi connectivity index (χ0n) is 11.6. The summed E-state index contributed by atoms with van der Waals surface area (Å²) in [6.45, 7) is 4.05. The van der Waals surface area contributed by atoms with E-state index in [1.54, 1.807) is 16.7 Å². The Labute approximate surface area is 130 Å². The van der Waals surface area contributed by atoms with Crippen molar-refractivity contribution in [1.82, 2.24) is 5.32 Å². The molecule has 0 aliphatic carbocycles. The lowest BCUT2D eigenvalue weighted by molar-refractivity contribution is 0.0698. The molecule has 0 saturated heterocycles. The summed E-state index contributed by atoms with van der Waals surface area (Å²) < 4.78 is 0. The minimum atomic E-state index is -1.05. The fraction of sp³-hybridized carbons (Fsp3) is 0.286. The molecule has 3 N–H and O–H groups in total. The molecular weight excluding hydrogens is 308 g/mol. The molecule has 2 aromatic rings. The normalized spacial score (nSPS) is 12.1. The maximum Gasteiger partial charge on any atom is 0.338 e. The van der Waals surface area contributed by atoms with Crippen LogP contribution in [-0.2, 0) is 0 Å². The highest BCUT2D eigenvalue weighted by atomic mass is 32.1. The van der Waals surface area contributed by atoms with E-state index in [0.29, 0.717) is 5.00 Å². The fourth-order valence-corrected chi connectivity index (χ4v) is 3.61. The van der Waals surface area contributed by atoms with Crippen molar-refractivity contribution in [3.63, 3.8) is 0 Å². The van der Waals surface area contributed by atoms with Gasteiger partial charge < -0.3 is 10.4 Å². The maximum absolute atomic E-state index is 12.1. The van der Waals surface area contributed by atoms with Crippen molar-refractivity contribution in [2.24, 2.45) is 5.92 Å². The second kappa shape index (κ2) is 6.73. The Morgan fingerprint density at radius 3 is 2.52 bits per heavy atom. The second-order valence-electron chi connectivity index (χ2n) is 4.80. The molecule has 0 spiro atoms. The van der Waals surface area contributed by atoms with Crippen molar-refractivity contribution in [2.45, 2.75) is 19.9 Å². The number of nitrogens with one attached hydrogen (secondary N) is 2. The third kappa shape index (κ3) is 3.83. The zero-order chi connectivity index (χ0) is 15.4. The van der Waals surface area contributed by atoms with Crippen LogP contribution in [0.3, 0.4) is 0 Å². The monoisotopic (exact) mass is 324 g/mol. The van der Waals surface area contributed by atoms with Crippen molar-refractivity contribution >= 4 is 39.7 Å². The zero-order valence-corrected chi connectivity index (χ0v) is 13.3. The van der Waals surface area contributed by atoms with Crippen LogP contribution in [0.2, 0.25) is 0 Å². The summed E-state index contributed by atoms with van der Waals surface area (Å²) in [7, 11) is 0. The first-order valence-corrected chi connectivity index (χ1v) is 8.16. The van der Waals surface area contributed by atoms with Gasteiger partial charge in [0, 0.05) is 4.88 Å². The number of carbonyl (C=O) groups is 2. The van der Waals surface area contributed by atoms with Crippen LogP contribution in [0.25, 0.3) is 0 Å². The number of hydrogen-bond donors (Lipinski definition) is 3. The molecule has 7 heteroatoms. The Balaban J connectivity index is 2.06. The largest absolute Gasteiger partial charge is 0.478 e. The lowest BCUT2D eigenvalue weighted by atomic mass is 10.0. The molecular formula is C14H16N2O3S2. The van der Waals surface area contributed by atoms with Crippen LogP contribution < -0.4 is 10.6 Å². The summed E-state index contributed by atoms with van der Waals surface area (Å²) >= 11 is 2.77. The minimum Gasteiger partial charge on any atom is -0.478 e.